The van der Waals surface area contributed by atoms with Crippen LogP contribution in [-0.4, -0.2) is 10.5 Å². The van der Waals surface area contributed by atoms with Crippen molar-refractivity contribution in [1.29, 1.82) is 0 Å². The van der Waals surface area contributed by atoms with E-state index in [1.165, 1.54) is 33.3 Å². The van der Waals surface area contributed by atoms with Gasteiger partial charge in [0.2, 0.25) is 5.91 Å². The fourth-order valence-corrected chi connectivity index (χ4v) is 4.20. The molecular formula is C22H24N2O. The first-order chi connectivity index (χ1) is 12.2. The number of primary amides is 1. The average molecular weight is 332 g/mol. The highest BCUT2D eigenvalue weighted by Crippen LogP contribution is 2.39. The summed E-state index contributed by atoms with van der Waals surface area (Å²) < 4.78 is 2.41. The molecular weight excluding hydrogens is 308 g/mol. The van der Waals surface area contributed by atoms with Gasteiger partial charge < -0.3 is 10.3 Å². The van der Waals surface area contributed by atoms with Crippen LogP contribution in [0, 0.1) is 0 Å². The molecule has 1 heterocycles. The molecule has 0 aliphatic heterocycles. The van der Waals surface area contributed by atoms with Gasteiger partial charge >= 0.3 is 0 Å². The van der Waals surface area contributed by atoms with Crippen LogP contribution in [0.3, 0.4) is 0 Å². The molecule has 0 saturated carbocycles. The molecule has 1 aromatic heterocycles. The molecule has 2 N–H and O–H groups in total. The number of aromatic nitrogens is 1. The third-order valence-corrected chi connectivity index (χ3v) is 5.47. The van der Waals surface area contributed by atoms with Crippen molar-refractivity contribution < 1.29 is 4.79 Å². The van der Waals surface area contributed by atoms with E-state index in [0.29, 0.717) is 0 Å². The molecule has 3 heteroatoms. The Labute approximate surface area is 148 Å². The minimum absolute atomic E-state index is 0.157. The molecule has 4 rings (SSSR count). The van der Waals surface area contributed by atoms with Crippen molar-refractivity contribution in [2.24, 2.45) is 5.73 Å². The van der Waals surface area contributed by atoms with Crippen LogP contribution in [0.2, 0.25) is 0 Å². The number of benzene rings is 2. The molecule has 25 heavy (non-hydrogen) atoms. The lowest BCUT2D eigenvalue weighted by Crippen LogP contribution is -2.25. The normalized spacial score (nSPS) is 16.8. The summed E-state index contributed by atoms with van der Waals surface area (Å²) >= 11 is 0. The highest BCUT2D eigenvalue weighted by atomic mass is 16.1. The molecule has 2 aromatic carbocycles. The van der Waals surface area contributed by atoms with Gasteiger partial charge in [0.15, 0.2) is 0 Å². The van der Waals surface area contributed by atoms with E-state index in [2.05, 4.69) is 54.0 Å². The zero-order chi connectivity index (χ0) is 17.4. The summed E-state index contributed by atoms with van der Waals surface area (Å²) in [6.07, 6.45) is 3.91. The van der Waals surface area contributed by atoms with Crippen LogP contribution in [0.15, 0.2) is 48.5 Å². The minimum atomic E-state index is -0.195. The van der Waals surface area contributed by atoms with Gasteiger partial charge in [0, 0.05) is 23.1 Å². The summed E-state index contributed by atoms with van der Waals surface area (Å²) in [5.74, 6) is -0.352. The number of fused-ring (bicyclic) bond motifs is 3. The molecule has 1 unspecified atom stereocenters. The van der Waals surface area contributed by atoms with Gasteiger partial charge in [-0.25, -0.2) is 0 Å². The van der Waals surface area contributed by atoms with E-state index in [1.807, 2.05) is 6.07 Å². The van der Waals surface area contributed by atoms with Crippen molar-refractivity contribution in [3.63, 3.8) is 0 Å². The van der Waals surface area contributed by atoms with Gasteiger partial charge in [-0.05, 0) is 48.4 Å². The fraction of sp³-hybridized carbons (Fsp3) is 0.318. The monoisotopic (exact) mass is 332 g/mol. The van der Waals surface area contributed by atoms with Crippen molar-refractivity contribution in [2.75, 3.05) is 0 Å². The fourth-order valence-electron chi connectivity index (χ4n) is 4.20. The maximum atomic E-state index is 12.1. The third kappa shape index (κ3) is 2.74. The Balaban J connectivity index is 1.95. The largest absolute Gasteiger partial charge is 0.369 e. The lowest BCUT2D eigenvalue weighted by molar-refractivity contribution is -0.119. The summed E-state index contributed by atoms with van der Waals surface area (Å²) in [6, 6.07) is 17.2. The van der Waals surface area contributed by atoms with Gasteiger partial charge in [0.1, 0.15) is 0 Å². The van der Waals surface area contributed by atoms with Crippen molar-refractivity contribution >= 4 is 16.8 Å². The molecule has 0 spiro atoms. The number of carbonyl (C=O) groups excluding carboxylic acids is 1. The van der Waals surface area contributed by atoms with Gasteiger partial charge in [-0.1, -0.05) is 49.4 Å². The topological polar surface area (TPSA) is 48.0 Å². The van der Waals surface area contributed by atoms with Gasteiger partial charge in [0.25, 0.3) is 0 Å². The van der Waals surface area contributed by atoms with Crippen LogP contribution in [-0.2, 0) is 24.2 Å². The number of carbonyl (C=O) groups is 1. The van der Waals surface area contributed by atoms with E-state index in [0.717, 1.165) is 32.2 Å². The van der Waals surface area contributed by atoms with E-state index < -0.39 is 0 Å². The SMILES string of the molecule is CCc1ccc2c3c(n(Cc4ccccc4)c2c1)CCCC3C(N)=O. The van der Waals surface area contributed by atoms with Crippen LogP contribution in [0.4, 0.5) is 0 Å². The van der Waals surface area contributed by atoms with E-state index in [1.54, 1.807) is 0 Å². The number of aryl methyl sites for hydroxylation is 1. The number of rotatable bonds is 4. The molecule has 0 radical (unpaired) electrons. The lowest BCUT2D eigenvalue weighted by Gasteiger charge is -2.22. The standard InChI is InChI=1S/C22H24N2O/c1-2-15-11-12-17-20(13-15)24(14-16-7-4-3-5-8-16)19-10-6-9-18(21(17)19)22(23)25/h3-5,7-8,11-13,18H,2,6,9-10,14H2,1H3,(H2,23,25). The lowest BCUT2D eigenvalue weighted by atomic mass is 9.84. The van der Waals surface area contributed by atoms with Gasteiger partial charge in [-0.2, -0.15) is 0 Å². The molecule has 3 nitrogen and oxygen atoms in total. The first kappa shape index (κ1) is 15.9. The highest BCUT2D eigenvalue weighted by Gasteiger charge is 2.30. The average Bonchev–Trinajstić information content (AvgIpc) is 2.95. The summed E-state index contributed by atoms with van der Waals surface area (Å²) in [5, 5.41) is 1.20. The Morgan fingerprint density at radius 3 is 2.68 bits per heavy atom. The molecule has 1 aliphatic rings. The van der Waals surface area contributed by atoms with Gasteiger partial charge in [-0.15, -0.1) is 0 Å². The summed E-state index contributed by atoms with van der Waals surface area (Å²) in [5.41, 5.74) is 12.1. The summed E-state index contributed by atoms with van der Waals surface area (Å²) in [6.45, 7) is 3.02. The smallest absolute Gasteiger partial charge is 0.225 e. The molecule has 1 atom stereocenters. The Bertz CT molecular complexity index is 924. The predicted octanol–water partition coefficient (Wildman–Crippen LogP) is 4.16. The molecule has 128 valence electrons. The highest BCUT2D eigenvalue weighted by molar-refractivity contribution is 5.93. The predicted molar refractivity (Wildman–Crippen MR) is 102 cm³/mol. The quantitative estimate of drug-likeness (QED) is 0.766. The maximum Gasteiger partial charge on any atom is 0.225 e. The second-order valence-corrected chi connectivity index (χ2v) is 6.98. The maximum absolute atomic E-state index is 12.1. The summed E-state index contributed by atoms with van der Waals surface area (Å²) in [7, 11) is 0. The first-order valence-corrected chi connectivity index (χ1v) is 9.16. The Hall–Kier alpha value is -2.55. The second kappa shape index (κ2) is 6.40. The van der Waals surface area contributed by atoms with Crippen LogP contribution in [0.25, 0.3) is 10.9 Å². The van der Waals surface area contributed by atoms with E-state index >= 15 is 0 Å². The van der Waals surface area contributed by atoms with Crippen LogP contribution < -0.4 is 5.73 Å². The van der Waals surface area contributed by atoms with Gasteiger partial charge in [-0.3, -0.25) is 4.79 Å². The van der Waals surface area contributed by atoms with E-state index in [4.69, 9.17) is 5.73 Å². The van der Waals surface area contributed by atoms with Crippen LogP contribution in [0.1, 0.15) is 48.1 Å². The second-order valence-electron chi connectivity index (χ2n) is 6.98. The zero-order valence-electron chi connectivity index (χ0n) is 14.7. The molecule has 1 aliphatic carbocycles. The van der Waals surface area contributed by atoms with E-state index in [9.17, 15) is 4.79 Å². The number of hydrogen-bond acceptors (Lipinski definition) is 1. The molecule has 3 aromatic rings. The Kier molecular flexibility index (Phi) is 4.08. The molecule has 0 fully saturated rings. The van der Waals surface area contributed by atoms with Gasteiger partial charge in [0.05, 0.1) is 5.92 Å². The van der Waals surface area contributed by atoms with Crippen LogP contribution in [0.5, 0.6) is 0 Å². The zero-order valence-corrected chi connectivity index (χ0v) is 14.7. The van der Waals surface area contributed by atoms with Crippen molar-refractivity contribution in [1.82, 2.24) is 4.57 Å². The minimum Gasteiger partial charge on any atom is -0.369 e. The third-order valence-electron chi connectivity index (χ3n) is 5.47. The number of nitrogens with zero attached hydrogens (tertiary/aromatic N) is 1. The Morgan fingerprint density at radius 1 is 1.16 bits per heavy atom. The van der Waals surface area contributed by atoms with Crippen molar-refractivity contribution in [3.8, 4) is 0 Å². The number of nitrogens with two attached hydrogens (primary N) is 1. The van der Waals surface area contributed by atoms with Crippen molar-refractivity contribution in [2.45, 2.75) is 45.1 Å². The molecule has 0 saturated heterocycles. The number of amides is 1. The van der Waals surface area contributed by atoms with Crippen molar-refractivity contribution in [3.05, 3.63) is 70.9 Å². The van der Waals surface area contributed by atoms with E-state index in [-0.39, 0.29) is 11.8 Å². The first-order valence-electron chi connectivity index (χ1n) is 9.16. The van der Waals surface area contributed by atoms with Crippen LogP contribution >= 0.6 is 0 Å². The Morgan fingerprint density at radius 2 is 1.96 bits per heavy atom. The molecule has 0 bridgehead atoms. The molecule has 1 amide bonds. The number of hydrogen-bond donors (Lipinski definition) is 1. The summed E-state index contributed by atoms with van der Waals surface area (Å²) in [4.78, 5) is 12.1.